The Morgan fingerprint density at radius 1 is 1.56 bits per heavy atom. The average Bonchev–Trinajstić information content (AvgIpc) is 2.69. The number of aliphatic hydroxyl groups is 1. The molecule has 0 radical (unpaired) electrons. The van der Waals surface area contributed by atoms with Crippen molar-refractivity contribution in [2.75, 3.05) is 13.1 Å². The smallest absolute Gasteiger partial charge is 0.252 e. The van der Waals surface area contributed by atoms with Crippen LogP contribution in [0.2, 0.25) is 0 Å². The summed E-state index contributed by atoms with van der Waals surface area (Å²) in [6.45, 7) is 2.37. The largest absolute Gasteiger partial charge is 0.389 e. The maximum atomic E-state index is 12.2. The van der Waals surface area contributed by atoms with E-state index in [0.717, 1.165) is 0 Å². The fourth-order valence-corrected chi connectivity index (χ4v) is 4.66. The Morgan fingerprint density at radius 3 is 2.88 bits per heavy atom. The molecule has 1 aromatic rings. The number of rotatable bonds is 2. The first-order valence-electron chi connectivity index (χ1n) is 5.18. The zero-order chi connectivity index (χ0) is 11.8. The van der Waals surface area contributed by atoms with E-state index < -0.39 is 15.6 Å². The van der Waals surface area contributed by atoms with E-state index in [1.54, 1.807) is 24.4 Å². The van der Waals surface area contributed by atoms with Gasteiger partial charge < -0.3 is 5.11 Å². The Balaban J connectivity index is 2.25. The Kier molecular flexibility index (Phi) is 3.09. The van der Waals surface area contributed by atoms with Crippen molar-refractivity contribution < 1.29 is 13.5 Å². The van der Waals surface area contributed by atoms with Crippen molar-refractivity contribution in [2.45, 2.75) is 29.6 Å². The lowest BCUT2D eigenvalue weighted by Gasteiger charge is -2.35. The summed E-state index contributed by atoms with van der Waals surface area (Å²) >= 11 is 1.21. The van der Waals surface area contributed by atoms with E-state index in [2.05, 4.69) is 0 Å². The molecule has 1 saturated heterocycles. The van der Waals surface area contributed by atoms with Crippen LogP contribution in [-0.4, -0.2) is 36.5 Å². The van der Waals surface area contributed by atoms with Gasteiger partial charge in [-0.15, -0.1) is 11.3 Å². The van der Waals surface area contributed by atoms with Crippen molar-refractivity contribution in [3.8, 4) is 0 Å². The molecule has 1 aromatic heterocycles. The molecule has 1 aliphatic rings. The van der Waals surface area contributed by atoms with Crippen LogP contribution in [0.5, 0.6) is 0 Å². The lowest BCUT2D eigenvalue weighted by molar-refractivity contribution is 0.00945. The summed E-state index contributed by atoms with van der Waals surface area (Å²) in [4.78, 5) is 0. The number of sulfonamides is 1. The Hall–Kier alpha value is -0.430. The van der Waals surface area contributed by atoms with Crippen LogP contribution >= 0.6 is 11.3 Å². The maximum absolute atomic E-state index is 12.2. The molecule has 2 heterocycles. The van der Waals surface area contributed by atoms with Gasteiger partial charge in [0, 0.05) is 13.1 Å². The number of hydrogen-bond donors (Lipinski definition) is 1. The molecule has 0 saturated carbocycles. The Labute approximate surface area is 99.6 Å². The fraction of sp³-hybridized carbons (Fsp3) is 0.600. The molecular weight excluding hydrogens is 246 g/mol. The minimum atomic E-state index is -3.40. The van der Waals surface area contributed by atoms with Crippen molar-refractivity contribution in [3.63, 3.8) is 0 Å². The number of piperidine rings is 1. The quantitative estimate of drug-likeness (QED) is 0.872. The average molecular weight is 261 g/mol. The molecule has 1 aliphatic heterocycles. The summed E-state index contributed by atoms with van der Waals surface area (Å²) in [6, 6.07) is 3.32. The van der Waals surface area contributed by atoms with Gasteiger partial charge in [-0.1, -0.05) is 6.07 Å². The molecule has 0 amide bonds. The van der Waals surface area contributed by atoms with Gasteiger partial charge in [0.2, 0.25) is 0 Å². The molecule has 16 heavy (non-hydrogen) atoms. The van der Waals surface area contributed by atoms with E-state index in [1.165, 1.54) is 15.6 Å². The van der Waals surface area contributed by atoms with Gasteiger partial charge in [-0.3, -0.25) is 0 Å². The van der Waals surface area contributed by atoms with Crippen LogP contribution in [0.25, 0.3) is 0 Å². The normalized spacial score (nSPS) is 28.1. The summed E-state index contributed by atoms with van der Waals surface area (Å²) in [6.07, 6.45) is 1.36. The minimum Gasteiger partial charge on any atom is -0.389 e. The topological polar surface area (TPSA) is 57.6 Å². The first-order valence-corrected chi connectivity index (χ1v) is 7.50. The van der Waals surface area contributed by atoms with Crippen molar-refractivity contribution in [2.24, 2.45) is 0 Å². The van der Waals surface area contributed by atoms with E-state index in [9.17, 15) is 13.5 Å². The van der Waals surface area contributed by atoms with Gasteiger partial charge in [0.1, 0.15) is 4.21 Å². The summed E-state index contributed by atoms with van der Waals surface area (Å²) in [5, 5.41) is 11.6. The molecule has 1 unspecified atom stereocenters. The molecule has 0 aromatic carbocycles. The zero-order valence-corrected chi connectivity index (χ0v) is 10.7. The van der Waals surface area contributed by atoms with E-state index in [1.807, 2.05) is 0 Å². The fourth-order valence-electron chi connectivity index (χ4n) is 1.92. The molecule has 0 aliphatic carbocycles. The summed E-state index contributed by atoms with van der Waals surface area (Å²) in [5.74, 6) is 0. The number of nitrogens with zero attached hydrogens (tertiary/aromatic N) is 1. The second kappa shape index (κ2) is 4.10. The predicted octanol–water partition coefficient (Wildman–Crippen LogP) is 1.28. The van der Waals surface area contributed by atoms with Gasteiger partial charge in [-0.05, 0) is 31.2 Å². The van der Waals surface area contributed by atoms with Crippen molar-refractivity contribution in [1.82, 2.24) is 4.31 Å². The highest BCUT2D eigenvalue weighted by atomic mass is 32.2. The molecule has 2 rings (SSSR count). The summed E-state index contributed by atoms with van der Waals surface area (Å²) in [5.41, 5.74) is -0.900. The predicted molar refractivity (Wildman–Crippen MR) is 62.9 cm³/mol. The third-order valence-corrected chi connectivity index (χ3v) is 5.95. The van der Waals surface area contributed by atoms with Crippen LogP contribution < -0.4 is 0 Å². The second-order valence-corrected chi connectivity index (χ2v) is 7.48. The van der Waals surface area contributed by atoms with Crippen LogP contribution in [-0.2, 0) is 10.0 Å². The van der Waals surface area contributed by atoms with E-state index in [-0.39, 0.29) is 6.54 Å². The maximum Gasteiger partial charge on any atom is 0.252 e. The van der Waals surface area contributed by atoms with Crippen LogP contribution in [0.4, 0.5) is 0 Å². The summed E-state index contributed by atoms with van der Waals surface area (Å²) in [7, 11) is -3.40. The van der Waals surface area contributed by atoms with Gasteiger partial charge in [0.05, 0.1) is 5.60 Å². The first kappa shape index (κ1) is 12.0. The highest BCUT2D eigenvalue weighted by molar-refractivity contribution is 7.91. The molecule has 6 heteroatoms. The molecule has 4 nitrogen and oxygen atoms in total. The van der Waals surface area contributed by atoms with E-state index >= 15 is 0 Å². The molecule has 0 spiro atoms. The molecule has 90 valence electrons. The van der Waals surface area contributed by atoms with Gasteiger partial charge in [0.25, 0.3) is 10.0 Å². The Bertz CT molecular complexity index is 450. The molecule has 1 atom stereocenters. The Morgan fingerprint density at radius 2 is 2.31 bits per heavy atom. The van der Waals surface area contributed by atoms with Crippen LogP contribution in [0, 0.1) is 0 Å². The molecule has 0 bridgehead atoms. The standard InChI is InChI=1S/C10H15NO3S2/c1-10(12)5-3-6-11(8-10)16(13,14)9-4-2-7-15-9/h2,4,7,12H,3,5-6,8H2,1H3. The van der Waals surface area contributed by atoms with Gasteiger partial charge in [-0.2, -0.15) is 4.31 Å². The lowest BCUT2D eigenvalue weighted by Crippen LogP contribution is -2.48. The van der Waals surface area contributed by atoms with Crippen LogP contribution in [0.15, 0.2) is 21.7 Å². The highest BCUT2D eigenvalue weighted by Gasteiger charge is 2.35. The lowest BCUT2D eigenvalue weighted by atomic mass is 9.97. The number of hydrogen-bond acceptors (Lipinski definition) is 4. The third-order valence-electron chi connectivity index (χ3n) is 2.73. The molecular formula is C10H15NO3S2. The third kappa shape index (κ3) is 2.29. The van der Waals surface area contributed by atoms with E-state index in [0.29, 0.717) is 23.6 Å². The van der Waals surface area contributed by atoms with E-state index in [4.69, 9.17) is 0 Å². The number of thiophene rings is 1. The highest BCUT2D eigenvalue weighted by Crippen LogP contribution is 2.27. The number of β-amino-alcohol motifs (C(OH)–C–C–N with tert-alkyl or cyclic N) is 1. The van der Waals surface area contributed by atoms with Gasteiger partial charge in [-0.25, -0.2) is 8.42 Å². The molecule has 1 N–H and O–H groups in total. The minimum absolute atomic E-state index is 0.188. The van der Waals surface area contributed by atoms with Gasteiger partial charge >= 0.3 is 0 Å². The molecule has 1 fully saturated rings. The van der Waals surface area contributed by atoms with Crippen molar-refractivity contribution >= 4 is 21.4 Å². The van der Waals surface area contributed by atoms with Crippen LogP contribution in [0.1, 0.15) is 19.8 Å². The van der Waals surface area contributed by atoms with Crippen LogP contribution in [0.3, 0.4) is 0 Å². The summed E-state index contributed by atoms with van der Waals surface area (Å²) < 4.78 is 26.1. The van der Waals surface area contributed by atoms with Crippen molar-refractivity contribution in [3.05, 3.63) is 17.5 Å². The first-order chi connectivity index (χ1) is 7.42. The zero-order valence-electron chi connectivity index (χ0n) is 9.09. The van der Waals surface area contributed by atoms with Gasteiger partial charge in [0.15, 0.2) is 0 Å². The SMILES string of the molecule is CC1(O)CCCN(S(=O)(=O)c2cccs2)C1. The monoisotopic (exact) mass is 261 g/mol. The second-order valence-electron chi connectivity index (χ2n) is 4.37. The van der Waals surface area contributed by atoms with Crippen molar-refractivity contribution in [1.29, 1.82) is 0 Å².